The Balaban J connectivity index is 3.15. The second-order valence-electron chi connectivity index (χ2n) is 2.54. The molecule has 0 aliphatic rings. The van der Waals surface area contributed by atoms with E-state index in [1.54, 1.807) is 11.8 Å². The van der Waals surface area contributed by atoms with Crippen molar-refractivity contribution >= 4 is 40.3 Å². The van der Waals surface area contributed by atoms with E-state index in [0.717, 1.165) is 14.2 Å². The fraction of sp³-hybridized carbons (Fsp3) is 0.300. The van der Waals surface area contributed by atoms with Crippen LogP contribution in [0.4, 0.5) is 0 Å². The van der Waals surface area contributed by atoms with Gasteiger partial charge in [0.05, 0.1) is 12.7 Å². The van der Waals surface area contributed by atoms with E-state index in [1.807, 2.05) is 18.2 Å². The molecule has 0 spiro atoms. The van der Waals surface area contributed by atoms with Gasteiger partial charge in [-0.25, -0.2) is 4.79 Å². The van der Waals surface area contributed by atoms with Gasteiger partial charge >= 0.3 is 5.97 Å². The number of carbonyl (C=O) groups excluding carboxylic acids is 1. The molecule has 0 amide bonds. The number of hydrogen-bond acceptors (Lipinski definition) is 3. The molecule has 1 aromatic carbocycles. The van der Waals surface area contributed by atoms with E-state index < -0.39 is 0 Å². The Morgan fingerprint density at radius 3 is 2.86 bits per heavy atom. The number of hydrogen-bond donors (Lipinski definition) is 0. The summed E-state index contributed by atoms with van der Waals surface area (Å²) >= 11 is 3.80. The van der Waals surface area contributed by atoms with Crippen molar-refractivity contribution in [3.05, 3.63) is 27.3 Å². The Bertz CT molecular complexity index is 339. The topological polar surface area (TPSA) is 26.3 Å². The number of thioether (sulfide) groups is 1. The Hall–Kier alpha value is -0.230. The van der Waals surface area contributed by atoms with E-state index in [-0.39, 0.29) is 5.97 Å². The van der Waals surface area contributed by atoms with Crippen LogP contribution in [-0.2, 0) is 4.74 Å². The van der Waals surface area contributed by atoms with Crippen LogP contribution in [0.5, 0.6) is 0 Å². The van der Waals surface area contributed by atoms with Crippen LogP contribution >= 0.6 is 34.4 Å². The number of carbonyl (C=O) groups is 1. The zero-order chi connectivity index (χ0) is 10.6. The maximum atomic E-state index is 11.5. The third kappa shape index (κ3) is 2.63. The van der Waals surface area contributed by atoms with E-state index in [0.29, 0.717) is 5.56 Å². The first-order valence-corrected chi connectivity index (χ1v) is 6.26. The quantitative estimate of drug-likeness (QED) is 0.486. The van der Waals surface area contributed by atoms with Crippen LogP contribution in [0.2, 0.25) is 0 Å². The largest absolute Gasteiger partial charge is 0.465 e. The third-order valence-electron chi connectivity index (χ3n) is 1.66. The lowest BCUT2D eigenvalue weighted by molar-refractivity contribution is 0.0595. The molecule has 0 saturated carbocycles. The molecule has 0 saturated heterocycles. The first kappa shape index (κ1) is 11.8. The molecule has 0 unspecified atom stereocenters. The van der Waals surface area contributed by atoms with Crippen molar-refractivity contribution in [3.8, 4) is 0 Å². The monoisotopic (exact) mass is 322 g/mol. The first-order valence-electron chi connectivity index (χ1n) is 4.20. The third-order valence-corrected chi connectivity index (χ3v) is 3.50. The van der Waals surface area contributed by atoms with Crippen LogP contribution < -0.4 is 0 Å². The van der Waals surface area contributed by atoms with E-state index in [9.17, 15) is 4.79 Å². The second-order valence-corrected chi connectivity index (χ2v) is 5.01. The normalized spacial score (nSPS) is 9.93. The number of halogens is 1. The van der Waals surface area contributed by atoms with Crippen LogP contribution in [0, 0.1) is 3.57 Å². The van der Waals surface area contributed by atoms with Crippen LogP contribution in [0.15, 0.2) is 23.1 Å². The van der Waals surface area contributed by atoms with Crippen molar-refractivity contribution in [1.29, 1.82) is 0 Å². The van der Waals surface area contributed by atoms with Gasteiger partial charge in [0.2, 0.25) is 0 Å². The lowest BCUT2D eigenvalue weighted by Gasteiger charge is -2.07. The molecule has 1 aromatic rings. The number of esters is 1. The van der Waals surface area contributed by atoms with Gasteiger partial charge in [-0.1, -0.05) is 13.0 Å². The predicted octanol–water partition coefficient (Wildman–Crippen LogP) is 3.19. The van der Waals surface area contributed by atoms with Crippen molar-refractivity contribution in [2.45, 2.75) is 11.8 Å². The van der Waals surface area contributed by atoms with Gasteiger partial charge in [0.1, 0.15) is 0 Å². The van der Waals surface area contributed by atoms with Crippen molar-refractivity contribution in [2.24, 2.45) is 0 Å². The SMILES string of the molecule is CCSc1cccc(I)c1C(=O)OC. The summed E-state index contributed by atoms with van der Waals surface area (Å²) in [4.78, 5) is 12.5. The molecule has 14 heavy (non-hydrogen) atoms. The van der Waals surface area contributed by atoms with Crippen LogP contribution in [-0.4, -0.2) is 18.8 Å². The van der Waals surface area contributed by atoms with E-state index in [4.69, 9.17) is 4.74 Å². The summed E-state index contributed by atoms with van der Waals surface area (Å²) in [5, 5.41) is 0. The van der Waals surface area contributed by atoms with Gasteiger partial charge in [0.15, 0.2) is 0 Å². The number of methoxy groups -OCH3 is 1. The average Bonchev–Trinajstić information content (AvgIpc) is 2.18. The molecular weight excluding hydrogens is 311 g/mol. The molecule has 0 aliphatic heterocycles. The Labute approximate surface area is 102 Å². The molecule has 0 fully saturated rings. The lowest BCUT2D eigenvalue weighted by Crippen LogP contribution is -2.05. The maximum absolute atomic E-state index is 11.5. The summed E-state index contributed by atoms with van der Waals surface area (Å²) < 4.78 is 5.68. The molecule has 0 atom stereocenters. The average molecular weight is 322 g/mol. The Morgan fingerprint density at radius 1 is 1.57 bits per heavy atom. The number of rotatable bonds is 3. The molecule has 76 valence electrons. The minimum Gasteiger partial charge on any atom is -0.465 e. The zero-order valence-corrected chi connectivity index (χ0v) is 11.0. The van der Waals surface area contributed by atoms with Crippen molar-refractivity contribution in [3.63, 3.8) is 0 Å². The van der Waals surface area contributed by atoms with Gasteiger partial charge in [-0.15, -0.1) is 11.8 Å². The van der Waals surface area contributed by atoms with Crippen LogP contribution in [0.1, 0.15) is 17.3 Å². The fourth-order valence-corrected chi connectivity index (χ4v) is 2.81. The standard InChI is InChI=1S/C10H11IO2S/c1-3-14-8-6-4-5-7(11)9(8)10(12)13-2/h4-6H,3H2,1-2H3. The van der Waals surface area contributed by atoms with Gasteiger partial charge in [0, 0.05) is 8.47 Å². The molecule has 2 nitrogen and oxygen atoms in total. The highest BCUT2D eigenvalue weighted by molar-refractivity contribution is 14.1. The summed E-state index contributed by atoms with van der Waals surface area (Å²) in [6.07, 6.45) is 0. The second kappa shape index (κ2) is 5.60. The molecular formula is C10H11IO2S. The molecule has 0 bridgehead atoms. The van der Waals surface area contributed by atoms with E-state index in [1.165, 1.54) is 7.11 Å². The summed E-state index contributed by atoms with van der Waals surface area (Å²) in [6.45, 7) is 2.06. The highest BCUT2D eigenvalue weighted by Crippen LogP contribution is 2.26. The molecule has 0 radical (unpaired) electrons. The minimum atomic E-state index is -0.258. The Kier molecular flexibility index (Phi) is 4.74. The summed E-state index contributed by atoms with van der Waals surface area (Å²) in [7, 11) is 1.41. The summed E-state index contributed by atoms with van der Waals surface area (Å²) in [5.74, 6) is 0.690. The maximum Gasteiger partial charge on any atom is 0.340 e. The highest BCUT2D eigenvalue weighted by atomic mass is 127. The number of benzene rings is 1. The smallest absolute Gasteiger partial charge is 0.340 e. The van der Waals surface area contributed by atoms with Gasteiger partial charge in [-0.05, 0) is 40.5 Å². The van der Waals surface area contributed by atoms with Crippen molar-refractivity contribution in [1.82, 2.24) is 0 Å². The molecule has 1 rings (SSSR count). The molecule has 0 aromatic heterocycles. The van der Waals surface area contributed by atoms with E-state index >= 15 is 0 Å². The van der Waals surface area contributed by atoms with Crippen molar-refractivity contribution in [2.75, 3.05) is 12.9 Å². The molecule has 0 N–H and O–H groups in total. The van der Waals surface area contributed by atoms with Crippen LogP contribution in [0.25, 0.3) is 0 Å². The zero-order valence-electron chi connectivity index (χ0n) is 8.04. The minimum absolute atomic E-state index is 0.258. The molecule has 4 heteroatoms. The van der Waals surface area contributed by atoms with Gasteiger partial charge in [-0.3, -0.25) is 0 Å². The number of ether oxygens (including phenoxy) is 1. The summed E-state index contributed by atoms with van der Waals surface area (Å²) in [5.41, 5.74) is 0.683. The van der Waals surface area contributed by atoms with Crippen molar-refractivity contribution < 1.29 is 9.53 Å². The fourth-order valence-electron chi connectivity index (χ4n) is 1.08. The summed E-state index contributed by atoms with van der Waals surface area (Å²) in [6, 6.07) is 5.81. The highest BCUT2D eigenvalue weighted by Gasteiger charge is 2.14. The van der Waals surface area contributed by atoms with Crippen LogP contribution in [0.3, 0.4) is 0 Å². The first-order chi connectivity index (χ1) is 6.70. The van der Waals surface area contributed by atoms with Gasteiger partial charge in [-0.2, -0.15) is 0 Å². The van der Waals surface area contributed by atoms with Gasteiger partial charge in [0.25, 0.3) is 0 Å². The van der Waals surface area contributed by atoms with Gasteiger partial charge < -0.3 is 4.74 Å². The molecule has 0 heterocycles. The predicted molar refractivity (Wildman–Crippen MR) is 66.9 cm³/mol. The molecule has 0 aliphatic carbocycles. The Morgan fingerprint density at radius 2 is 2.29 bits per heavy atom. The lowest BCUT2D eigenvalue weighted by atomic mass is 10.2. The van der Waals surface area contributed by atoms with E-state index in [2.05, 4.69) is 29.5 Å².